The van der Waals surface area contributed by atoms with Crippen molar-refractivity contribution in [3.05, 3.63) is 53.9 Å². The van der Waals surface area contributed by atoms with Crippen molar-refractivity contribution in [1.82, 2.24) is 4.98 Å². The third-order valence-electron chi connectivity index (χ3n) is 3.01. The third kappa shape index (κ3) is 3.15. The van der Waals surface area contributed by atoms with E-state index in [1.807, 2.05) is 6.07 Å². The molecule has 1 aromatic heterocycles. The minimum Gasteiger partial charge on any atom is -0.506 e. The molecular weight excluding hydrogens is 252 g/mol. The zero-order chi connectivity index (χ0) is 14.8. The Bertz CT molecular complexity index is 616. The third-order valence-corrected chi connectivity index (χ3v) is 3.01. The summed E-state index contributed by atoms with van der Waals surface area (Å²) in [6.45, 7) is 6.22. The van der Waals surface area contributed by atoms with Gasteiger partial charge in [0, 0.05) is 6.20 Å². The fraction of sp³-hybridized carbons (Fsp3) is 0.250. The summed E-state index contributed by atoms with van der Waals surface area (Å²) in [4.78, 5) is 16.0. The lowest BCUT2D eigenvalue weighted by atomic mass is 9.87. The first-order valence-corrected chi connectivity index (χ1v) is 6.44. The molecule has 2 aromatic rings. The molecule has 0 saturated heterocycles. The molecule has 0 spiro atoms. The van der Waals surface area contributed by atoms with Gasteiger partial charge in [-0.2, -0.15) is 0 Å². The van der Waals surface area contributed by atoms with Crippen LogP contribution in [0.1, 0.15) is 36.8 Å². The highest BCUT2D eigenvalue weighted by molar-refractivity contribution is 6.03. The van der Waals surface area contributed by atoms with Gasteiger partial charge in [-0.1, -0.05) is 32.9 Å². The van der Waals surface area contributed by atoms with E-state index in [1.54, 1.807) is 36.5 Å². The Morgan fingerprint density at radius 3 is 2.55 bits per heavy atom. The minimum atomic E-state index is -0.341. The molecule has 1 amide bonds. The Labute approximate surface area is 118 Å². The second-order valence-electron chi connectivity index (χ2n) is 5.65. The maximum Gasteiger partial charge on any atom is 0.274 e. The van der Waals surface area contributed by atoms with E-state index in [0.29, 0.717) is 11.4 Å². The summed E-state index contributed by atoms with van der Waals surface area (Å²) in [5.41, 5.74) is 1.69. The van der Waals surface area contributed by atoms with Gasteiger partial charge in [0.1, 0.15) is 11.4 Å². The number of aromatic nitrogens is 1. The number of rotatable bonds is 2. The molecule has 0 aliphatic rings. The molecule has 0 fully saturated rings. The lowest BCUT2D eigenvalue weighted by Crippen LogP contribution is -2.15. The van der Waals surface area contributed by atoms with Crippen molar-refractivity contribution in [2.75, 3.05) is 5.32 Å². The van der Waals surface area contributed by atoms with E-state index in [1.165, 1.54) is 0 Å². The van der Waals surface area contributed by atoms with Crippen LogP contribution in [0.15, 0.2) is 42.6 Å². The number of carbonyl (C=O) groups is 1. The van der Waals surface area contributed by atoms with Gasteiger partial charge in [0.15, 0.2) is 0 Å². The summed E-state index contributed by atoms with van der Waals surface area (Å²) in [6.07, 6.45) is 1.56. The van der Waals surface area contributed by atoms with Gasteiger partial charge in [0.2, 0.25) is 0 Å². The smallest absolute Gasteiger partial charge is 0.274 e. The molecule has 4 nitrogen and oxygen atoms in total. The molecule has 20 heavy (non-hydrogen) atoms. The van der Waals surface area contributed by atoms with Crippen LogP contribution in [-0.4, -0.2) is 16.0 Å². The molecule has 0 atom stereocenters. The van der Waals surface area contributed by atoms with Crippen LogP contribution in [0.3, 0.4) is 0 Å². The Balaban J connectivity index is 2.27. The van der Waals surface area contributed by atoms with Crippen molar-refractivity contribution >= 4 is 11.6 Å². The first-order valence-electron chi connectivity index (χ1n) is 6.44. The van der Waals surface area contributed by atoms with Crippen LogP contribution in [0, 0.1) is 0 Å². The molecule has 2 rings (SSSR count). The van der Waals surface area contributed by atoms with E-state index in [0.717, 1.165) is 5.56 Å². The number of aromatic hydroxyl groups is 1. The predicted molar refractivity (Wildman–Crippen MR) is 79.0 cm³/mol. The monoisotopic (exact) mass is 270 g/mol. The number of hydrogen-bond acceptors (Lipinski definition) is 3. The van der Waals surface area contributed by atoms with Crippen LogP contribution < -0.4 is 5.32 Å². The summed E-state index contributed by atoms with van der Waals surface area (Å²) >= 11 is 0. The minimum absolute atomic E-state index is 0.0438. The van der Waals surface area contributed by atoms with Crippen LogP contribution in [-0.2, 0) is 5.41 Å². The van der Waals surface area contributed by atoms with Gasteiger partial charge in [-0.05, 0) is 35.2 Å². The van der Waals surface area contributed by atoms with Crippen LogP contribution in [0.25, 0.3) is 0 Å². The molecule has 0 aliphatic carbocycles. The highest BCUT2D eigenvalue weighted by Gasteiger charge is 2.17. The van der Waals surface area contributed by atoms with Crippen molar-refractivity contribution in [1.29, 1.82) is 0 Å². The number of nitrogens with one attached hydrogen (secondary N) is 1. The van der Waals surface area contributed by atoms with Crippen molar-refractivity contribution < 1.29 is 9.90 Å². The molecular formula is C16H18N2O2. The summed E-state index contributed by atoms with van der Waals surface area (Å²) in [7, 11) is 0. The summed E-state index contributed by atoms with van der Waals surface area (Å²) in [5.74, 6) is -0.297. The van der Waals surface area contributed by atoms with Crippen molar-refractivity contribution in [3.8, 4) is 5.75 Å². The van der Waals surface area contributed by atoms with Crippen LogP contribution in [0.4, 0.5) is 5.69 Å². The summed E-state index contributed by atoms with van der Waals surface area (Å²) in [5, 5.41) is 12.5. The molecule has 0 radical (unpaired) electrons. The fourth-order valence-corrected chi connectivity index (χ4v) is 1.79. The average Bonchev–Trinajstić information content (AvgIpc) is 2.41. The summed E-state index contributed by atoms with van der Waals surface area (Å²) < 4.78 is 0. The zero-order valence-corrected chi connectivity index (χ0v) is 11.8. The predicted octanol–water partition coefficient (Wildman–Crippen LogP) is 3.34. The van der Waals surface area contributed by atoms with Crippen LogP contribution in [0.2, 0.25) is 0 Å². The number of anilines is 1. The normalized spacial score (nSPS) is 11.2. The van der Waals surface area contributed by atoms with E-state index in [-0.39, 0.29) is 17.1 Å². The number of nitrogens with zero attached hydrogens (tertiary/aromatic N) is 1. The largest absolute Gasteiger partial charge is 0.506 e. The molecule has 0 saturated carbocycles. The number of pyridine rings is 1. The molecule has 1 heterocycles. The Hall–Kier alpha value is -2.36. The number of hydrogen-bond donors (Lipinski definition) is 2. The summed E-state index contributed by atoms with van der Waals surface area (Å²) in [6, 6.07) is 10.3. The fourth-order valence-electron chi connectivity index (χ4n) is 1.79. The van der Waals surface area contributed by atoms with Crippen LogP contribution in [0.5, 0.6) is 5.75 Å². The van der Waals surface area contributed by atoms with E-state index in [2.05, 4.69) is 31.1 Å². The molecule has 4 heteroatoms. The molecule has 0 aliphatic heterocycles. The molecule has 104 valence electrons. The van der Waals surface area contributed by atoms with E-state index >= 15 is 0 Å². The van der Waals surface area contributed by atoms with Gasteiger partial charge in [0.25, 0.3) is 5.91 Å². The lowest BCUT2D eigenvalue weighted by molar-refractivity contribution is 0.102. The van der Waals surface area contributed by atoms with Crippen molar-refractivity contribution in [2.24, 2.45) is 0 Å². The van der Waals surface area contributed by atoms with Crippen LogP contribution >= 0.6 is 0 Å². The van der Waals surface area contributed by atoms with Crippen molar-refractivity contribution in [2.45, 2.75) is 26.2 Å². The number of carbonyl (C=O) groups excluding carboxylic acids is 1. The maximum absolute atomic E-state index is 12.0. The average molecular weight is 270 g/mol. The SMILES string of the molecule is CC(C)(C)c1ccc(O)c(NC(=O)c2ccccn2)c1. The molecule has 0 unspecified atom stereocenters. The molecule has 1 aromatic carbocycles. The Morgan fingerprint density at radius 2 is 1.95 bits per heavy atom. The number of phenols is 1. The Morgan fingerprint density at radius 1 is 1.20 bits per heavy atom. The first kappa shape index (κ1) is 14.1. The van der Waals surface area contributed by atoms with E-state index in [4.69, 9.17) is 0 Å². The van der Waals surface area contributed by atoms with Gasteiger partial charge in [-0.15, -0.1) is 0 Å². The highest BCUT2D eigenvalue weighted by atomic mass is 16.3. The number of benzene rings is 1. The van der Waals surface area contributed by atoms with Gasteiger partial charge in [0.05, 0.1) is 5.69 Å². The van der Waals surface area contributed by atoms with E-state index in [9.17, 15) is 9.90 Å². The first-order chi connectivity index (χ1) is 9.38. The molecule has 0 bridgehead atoms. The quantitative estimate of drug-likeness (QED) is 0.823. The maximum atomic E-state index is 12.0. The Kier molecular flexibility index (Phi) is 3.74. The van der Waals surface area contributed by atoms with Gasteiger partial charge >= 0.3 is 0 Å². The van der Waals surface area contributed by atoms with Crippen molar-refractivity contribution in [3.63, 3.8) is 0 Å². The van der Waals surface area contributed by atoms with E-state index < -0.39 is 0 Å². The number of phenolic OH excluding ortho intramolecular Hbond substituents is 1. The van der Waals surface area contributed by atoms with Gasteiger partial charge in [-0.3, -0.25) is 9.78 Å². The van der Waals surface area contributed by atoms with Gasteiger partial charge < -0.3 is 10.4 Å². The molecule has 2 N–H and O–H groups in total. The topological polar surface area (TPSA) is 62.2 Å². The zero-order valence-electron chi connectivity index (χ0n) is 11.8. The lowest BCUT2D eigenvalue weighted by Gasteiger charge is -2.20. The second-order valence-corrected chi connectivity index (χ2v) is 5.65. The standard InChI is InChI=1S/C16H18N2O2/c1-16(2,3)11-7-8-14(19)13(10-11)18-15(20)12-6-4-5-9-17-12/h4-10,19H,1-3H3,(H,18,20). The highest BCUT2D eigenvalue weighted by Crippen LogP contribution is 2.30. The number of amides is 1. The van der Waals surface area contributed by atoms with Gasteiger partial charge in [-0.25, -0.2) is 0 Å². The second kappa shape index (κ2) is 5.33.